The first-order chi connectivity index (χ1) is 33.6. The van der Waals surface area contributed by atoms with Crippen molar-refractivity contribution in [2.45, 2.75) is 103 Å². The summed E-state index contributed by atoms with van der Waals surface area (Å²) in [6.45, 7) is 13.0. The van der Waals surface area contributed by atoms with Crippen LogP contribution in [0.2, 0.25) is 0 Å². The summed E-state index contributed by atoms with van der Waals surface area (Å²) in [4.78, 5) is 83.6. The molecule has 4 aliphatic rings. The zero-order chi connectivity index (χ0) is 51.2. The van der Waals surface area contributed by atoms with Gasteiger partial charge in [0.15, 0.2) is 0 Å². The van der Waals surface area contributed by atoms with Gasteiger partial charge in [0.05, 0.1) is 61.0 Å². The normalized spacial score (nSPS) is 20.2. The maximum Gasteiger partial charge on any atom is 0.406 e. The quantitative estimate of drug-likeness (QED) is 0.141. The number of rotatable bonds is 9. The second-order valence-electron chi connectivity index (χ2n) is 20.2. The number of nitrogens with one attached hydrogen (secondary N) is 2. The number of nitrogens with zero attached hydrogens (tertiary/aromatic N) is 7. The number of amides is 5. The van der Waals surface area contributed by atoms with Gasteiger partial charge in [-0.15, -0.1) is 11.3 Å². The lowest BCUT2D eigenvalue weighted by molar-refractivity contribution is -0.178. The number of likely N-dealkylation sites (N-methyl/N-ethyl adjacent to an activating group) is 1. The van der Waals surface area contributed by atoms with E-state index in [4.69, 9.17) is 19.2 Å². The minimum absolute atomic E-state index is 0. The predicted molar refractivity (Wildman–Crippen MR) is 300 cm³/mol. The fourth-order valence-corrected chi connectivity index (χ4v) is 11.1. The van der Waals surface area contributed by atoms with Crippen LogP contribution in [-0.4, -0.2) is 154 Å². The molecule has 0 unspecified atom stereocenters. The summed E-state index contributed by atoms with van der Waals surface area (Å²) in [7, 11) is 3.05. The van der Waals surface area contributed by atoms with Crippen LogP contribution in [0.4, 0.5) is 18.0 Å². The number of esters is 1. The number of pyridine rings is 1. The molecule has 4 aromatic rings. The van der Waals surface area contributed by atoms with Crippen molar-refractivity contribution in [3.05, 3.63) is 70.8 Å². The Morgan fingerprint density at radius 1 is 1.07 bits per heavy atom. The lowest BCUT2D eigenvalue weighted by Crippen LogP contribution is -2.73. The Morgan fingerprint density at radius 2 is 1.77 bits per heavy atom. The fourth-order valence-electron chi connectivity index (χ4n) is 10.2. The lowest BCUT2D eigenvalue weighted by atomic mass is 9.84. The van der Waals surface area contributed by atoms with Crippen LogP contribution in [0.25, 0.3) is 33.4 Å². The van der Waals surface area contributed by atoms with Crippen LogP contribution in [0.3, 0.4) is 0 Å². The summed E-state index contributed by atoms with van der Waals surface area (Å²) >= 11 is 1.26. The number of benzene rings is 1. The van der Waals surface area contributed by atoms with E-state index in [1.54, 1.807) is 66.4 Å². The molecule has 3 aromatic heterocycles. The average molecular weight is 1140 g/mol. The Kier molecular flexibility index (Phi) is 21.3. The molecule has 1 aromatic carbocycles. The van der Waals surface area contributed by atoms with Crippen molar-refractivity contribution in [1.82, 2.24) is 45.0 Å². The van der Waals surface area contributed by atoms with E-state index in [9.17, 15) is 37.1 Å². The summed E-state index contributed by atoms with van der Waals surface area (Å²) in [6.07, 6.45) is -1.41. The molecule has 7 heterocycles. The van der Waals surface area contributed by atoms with Crippen LogP contribution < -0.4 is 10.7 Å². The molecular weight excluding hydrogens is 1070 g/mol. The molecule has 0 aliphatic carbocycles. The number of hydrogen-bond acceptors (Lipinski definition) is 12. The molecule has 4 atom stereocenters. The Hall–Kier alpha value is -4.50. The van der Waals surface area contributed by atoms with Gasteiger partial charge in [-0.3, -0.25) is 29.2 Å². The van der Waals surface area contributed by atoms with Crippen LogP contribution in [0.1, 0.15) is 69.8 Å². The van der Waals surface area contributed by atoms with Gasteiger partial charge < -0.3 is 38.8 Å². The van der Waals surface area contributed by atoms with Crippen LogP contribution in [0.5, 0.6) is 0 Å². The van der Waals surface area contributed by atoms with Crippen molar-refractivity contribution in [3.8, 4) is 22.5 Å². The number of hydrogen-bond donors (Lipinski definition) is 2. The zero-order valence-corrected chi connectivity index (χ0v) is 48.0. The maximum absolute atomic E-state index is 14.7. The SMILES string of the molecule is C=CC(=O)N1CCOC2(C1)CN(C(=O)N(C)[C@H](C(=O)N[C@H]1Cc3nc(cs3)-c3ccc4c(c3)c(c(-c3cccnc3[C@H](C)OC)n4CC(F)(F)F)CC(C)(C)COC(=O)[C@@H]3CCCN(N3)C1=O)C(C)C)C2.S.S.S.S. The van der Waals surface area contributed by atoms with Crippen molar-refractivity contribution in [1.29, 1.82) is 0 Å². The molecule has 3 fully saturated rings. The first-order valence-electron chi connectivity index (χ1n) is 23.9. The van der Waals surface area contributed by atoms with Gasteiger partial charge in [-0.2, -0.15) is 67.2 Å². The number of hydrazine groups is 1. The highest BCUT2D eigenvalue weighted by atomic mass is 32.1. The van der Waals surface area contributed by atoms with Crippen LogP contribution >= 0.6 is 65.3 Å². The van der Waals surface area contributed by atoms with Gasteiger partial charge in [-0.1, -0.05) is 40.3 Å². The number of carbonyl (C=O) groups is 5. The number of thiazole rings is 1. The molecule has 75 heavy (non-hydrogen) atoms. The number of aromatic nitrogens is 3. The third kappa shape index (κ3) is 13.6. The Balaban J connectivity index is 0.00000304. The number of carbonyl (C=O) groups excluding carboxylic acids is 5. The van der Waals surface area contributed by atoms with E-state index < -0.39 is 77.7 Å². The number of ether oxygens (including phenoxy) is 3. The summed E-state index contributed by atoms with van der Waals surface area (Å²) in [5.41, 5.74) is 4.82. The van der Waals surface area contributed by atoms with E-state index in [-0.39, 0.29) is 99.0 Å². The monoisotopic (exact) mass is 1140 g/mol. The Labute approximate surface area is 467 Å². The minimum Gasteiger partial charge on any atom is -0.464 e. The fraction of sp³-hybridized carbons (Fsp3) is 0.540. The Morgan fingerprint density at radius 3 is 2.44 bits per heavy atom. The predicted octanol–water partition coefficient (Wildman–Crippen LogP) is 6.37. The largest absolute Gasteiger partial charge is 0.464 e. The lowest BCUT2D eigenvalue weighted by Gasteiger charge is -2.54. The van der Waals surface area contributed by atoms with Gasteiger partial charge in [0.25, 0.3) is 5.91 Å². The van der Waals surface area contributed by atoms with Gasteiger partial charge in [0, 0.05) is 72.7 Å². The highest BCUT2D eigenvalue weighted by molar-refractivity contribution is 7.59. The van der Waals surface area contributed by atoms with Crippen LogP contribution in [0, 0.1) is 11.3 Å². The second kappa shape index (κ2) is 25.3. The van der Waals surface area contributed by atoms with Gasteiger partial charge >= 0.3 is 18.2 Å². The number of morpholine rings is 1. The molecule has 6 bridgehead atoms. The van der Waals surface area contributed by atoms with Gasteiger partial charge in [-0.05, 0) is 68.0 Å². The molecular formula is C50H70F3N9O8S5. The topological polar surface area (TPSA) is 181 Å². The summed E-state index contributed by atoms with van der Waals surface area (Å²) < 4.78 is 63.0. The summed E-state index contributed by atoms with van der Waals surface area (Å²) in [5.74, 6) is -2.33. The van der Waals surface area contributed by atoms with E-state index in [2.05, 4.69) is 22.3 Å². The molecule has 0 saturated carbocycles. The highest BCUT2D eigenvalue weighted by Gasteiger charge is 2.51. The summed E-state index contributed by atoms with van der Waals surface area (Å²) in [6, 6.07) is 5.04. The number of urea groups is 1. The van der Waals surface area contributed by atoms with E-state index in [1.807, 2.05) is 19.9 Å². The molecule has 0 radical (unpaired) electrons. The molecule has 5 amide bonds. The third-order valence-electron chi connectivity index (χ3n) is 13.8. The molecule has 25 heteroatoms. The molecule has 1 spiro atoms. The molecule has 17 nitrogen and oxygen atoms in total. The number of halogens is 3. The van der Waals surface area contributed by atoms with Gasteiger partial charge in [-0.25, -0.2) is 15.2 Å². The van der Waals surface area contributed by atoms with E-state index in [1.165, 1.54) is 46.0 Å². The summed E-state index contributed by atoms with van der Waals surface area (Å²) in [5, 5.41) is 7.10. The van der Waals surface area contributed by atoms with E-state index in [0.29, 0.717) is 82.2 Å². The number of fused-ring (bicyclic) bond motifs is 6. The van der Waals surface area contributed by atoms with Crippen molar-refractivity contribution in [3.63, 3.8) is 0 Å². The molecule has 3 saturated heterocycles. The standard InChI is InChI=1S/C50H62F3N9O8S.4H2S/c1-9-40(63)59-18-19-70-49(24-59)25-60(26-49)47(67)58(7)42(29(2)3)44(64)56-36-21-39-55-37(23-71-39)31-14-15-38-33(20-31)34(22-48(5,6)28-69-46(66)35-13-11-17-62(57-35)45(36)65)43(61(38)27-50(51,52)53)32-12-10-16-54-41(32)30(4)68-8;;;;/h9-10,12,14-16,20,23,29-30,35-36,42,57H,1,11,13,17-19,21-22,24-28H2,2-8H3,(H,56,64);4*1H2/t30-,35-,36-,42-;;;;/m0..../s1. The van der Waals surface area contributed by atoms with Crippen molar-refractivity contribution in [2.75, 3.05) is 60.1 Å². The molecule has 4 aliphatic heterocycles. The first-order valence-corrected chi connectivity index (χ1v) is 24.8. The van der Waals surface area contributed by atoms with Gasteiger partial charge in [0.1, 0.15) is 30.3 Å². The molecule has 8 rings (SSSR count). The Bertz CT molecular complexity index is 2720. The minimum atomic E-state index is -4.60. The molecule has 414 valence electrons. The number of alkyl halides is 3. The van der Waals surface area contributed by atoms with Crippen molar-refractivity contribution < 1.29 is 51.4 Å². The van der Waals surface area contributed by atoms with Crippen molar-refractivity contribution >= 4 is 106 Å². The first kappa shape index (κ1) is 63.0. The number of cyclic esters (lactones) is 1. The third-order valence-corrected chi connectivity index (χ3v) is 14.6. The highest BCUT2D eigenvalue weighted by Crippen LogP contribution is 2.43. The van der Waals surface area contributed by atoms with Gasteiger partial charge in [0.2, 0.25) is 11.8 Å². The smallest absolute Gasteiger partial charge is 0.406 e. The number of methoxy groups -OCH3 is 1. The zero-order valence-electron chi connectivity index (χ0n) is 43.1. The van der Waals surface area contributed by atoms with E-state index in [0.717, 1.165) is 0 Å². The maximum atomic E-state index is 14.7. The average Bonchev–Trinajstić information content (AvgIpc) is 3.91. The van der Waals surface area contributed by atoms with E-state index >= 15 is 0 Å². The second-order valence-corrected chi connectivity index (χ2v) is 21.1. The van der Waals surface area contributed by atoms with Crippen LogP contribution in [0.15, 0.2) is 54.6 Å². The van der Waals surface area contributed by atoms with Crippen LogP contribution in [-0.2, 0) is 52.8 Å². The van der Waals surface area contributed by atoms with Crippen molar-refractivity contribution in [2.24, 2.45) is 11.3 Å². The number of likely N-dealkylation sites (tertiary alicyclic amines) is 1. The molecule has 2 N–H and O–H groups in total.